The average molecular weight is 494 g/mol. The second kappa shape index (κ2) is 13.9. The molecule has 1 fully saturated rings. The zero-order valence-electron chi connectivity index (χ0n) is 19.6. The van der Waals surface area contributed by atoms with Crippen molar-refractivity contribution in [2.75, 3.05) is 13.1 Å². The number of azide groups is 1. The molecule has 2 rings (SSSR count). The topological polar surface area (TPSA) is 161 Å². The van der Waals surface area contributed by atoms with Crippen molar-refractivity contribution in [2.24, 2.45) is 17.0 Å². The Hall–Kier alpha value is -2.62. The van der Waals surface area contributed by atoms with Crippen LogP contribution in [0.3, 0.4) is 0 Å². The maximum absolute atomic E-state index is 12.7. The molecule has 0 unspecified atom stereocenters. The summed E-state index contributed by atoms with van der Waals surface area (Å²) in [5.41, 5.74) is 9.58. The largest absolute Gasteiger partial charge is 0.481 e. The van der Waals surface area contributed by atoms with Crippen molar-refractivity contribution in [1.82, 2.24) is 10.0 Å². The maximum Gasteiger partial charge on any atom is 0.305 e. The summed E-state index contributed by atoms with van der Waals surface area (Å²) in [7, 11) is -3.59. The van der Waals surface area contributed by atoms with E-state index in [-0.39, 0.29) is 35.6 Å². The number of hydrogen-bond acceptors (Lipinski definition) is 5. The van der Waals surface area contributed by atoms with Gasteiger partial charge in [0.25, 0.3) is 0 Å². The summed E-state index contributed by atoms with van der Waals surface area (Å²) in [6.07, 6.45) is 6.58. The zero-order valence-corrected chi connectivity index (χ0v) is 20.5. The molecule has 1 aliphatic rings. The molecule has 3 N–H and O–H groups in total. The summed E-state index contributed by atoms with van der Waals surface area (Å²) < 4.78 is 28.0. The number of carbonyl (C=O) groups excluding carboxylic acids is 1. The maximum atomic E-state index is 12.7. The van der Waals surface area contributed by atoms with Gasteiger partial charge in [-0.2, -0.15) is 0 Å². The quantitative estimate of drug-likeness (QED) is 0.155. The van der Waals surface area contributed by atoms with E-state index >= 15 is 0 Å². The first-order chi connectivity index (χ1) is 16.2. The van der Waals surface area contributed by atoms with Crippen LogP contribution in [-0.4, -0.2) is 44.5 Å². The first-order valence-electron chi connectivity index (χ1n) is 11.9. The Morgan fingerprint density at radius 3 is 2.44 bits per heavy atom. The Kier molecular flexibility index (Phi) is 11.3. The highest BCUT2D eigenvalue weighted by atomic mass is 32.2. The molecule has 0 bridgehead atoms. The van der Waals surface area contributed by atoms with Crippen molar-refractivity contribution in [3.05, 3.63) is 40.3 Å². The molecule has 1 aliphatic carbocycles. The van der Waals surface area contributed by atoms with Gasteiger partial charge in [-0.3, -0.25) is 9.59 Å². The molecule has 0 saturated heterocycles. The molecule has 188 valence electrons. The van der Waals surface area contributed by atoms with Crippen molar-refractivity contribution < 1.29 is 23.1 Å². The second-order valence-electron chi connectivity index (χ2n) is 8.89. The van der Waals surface area contributed by atoms with Gasteiger partial charge in [-0.15, -0.1) is 0 Å². The van der Waals surface area contributed by atoms with E-state index in [1.807, 2.05) is 12.1 Å². The fourth-order valence-corrected chi connectivity index (χ4v) is 5.30. The molecule has 1 aromatic rings. The normalized spacial score (nSPS) is 19.1. The van der Waals surface area contributed by atoms with E-state index in [2.05, 4.69) is 27.0 Å². The Balaban J connectivity index is 1.80. The van der Waals surface area contributed by atoms with Gasteiger partial charge in [0.2, 0.25) is 15.9 Å². The van der Waals surface area contributed by atoms with Gasteiger partial charge in [-0.05, 0) is 67.7 Å². The number of hydrogen-bond donors (Lipinski definition) is 3. The summed E-state index contributed by atoms with van der Waals surface area (Å²) in [4.78, 5) is 26.4. The minimum atomic E-state index is -3.59. The molecule has 0 aliphatic heterocycles. The summed E-state index contributed by atoms with van der Waals surface area (Å²) in [5.74, 6) is -1.47. The minimum Gasteiger partial charge on any atom is -0.481 e. The van der Waals surface area contributed by atoms with Crippen molar-refractivity contribution in [3.63, 3.8) is 0 Å². The summed E-state index contributed by atoms with van der Waals surface area (Å²) in [6.45, 7) is 2.34. The van der Waals surface area contributed by atoms with Crippen LogP contribution in [0.25, 0.3) is 10.4 Å². The fraction of sp³-hybridized carbons (Fsp3) is 0.652. The van der Waals surface area contributed by atoms with Crippen LogP contribution in [0.5, 0.6) is 0 Å². The molecule has 0 aromatic heterocycles. The zero-order chi connectivity index (χ0) is 25.0. The SMILES string of the molecule is CCCCCc1ccc(S(=O)(=O)NCC2CCC(C(=O)N[C@H](CN=[N+]=[N-])CC(=O)O)CC2)cc1. The van der Waals surface area contributed by atoms with Gasteiger partial charge in [0.15, 0.2) is 0 Å². The molecule has 1 aromatic carbocycles. The molecule has 0 heterocycles. The summed E-state index contributed by atoms with van der Waals surface area (Å²) >= 11 is 0. The number of aliphatic carboxylic acids is 1. The van der Waals surface area contributed by atoms with Gasteiger partial charge in [-0.1, -0.05) is 37.0 Å². The van der Waals surface area contributed by atoms with E-state index in [9.17, 15) is 18.0 Å². The van der Waals surface area contributed by atoms with Crippen LogP contribution in [0.1, 0.15) is 63.9 Å². The Labute approximate surface area is 201 Å². The minimum absolute atomic E-state index is 0.120. The Morgan fingerprint density at radius 1 is 1.18 bits per heavy atom. The second-order valence-corrected chi connectivity index (χ2v) is 10.7. The average Bonchev–Trinajstić information content (AvgIpc) is 2.82. The molecular formula is C23H35N5O5S. The lowest BCUT2D eigenvalue weighted by Gasteiger charge is -2.29. The third kappa shape index (κ3) is 9.32. The molecule has 0 spiro atoms. The highest BCUT2D eigenvalue weighted by Gasteiger charge is 2.29. The molecule has 1 atom stereocenters. The van der Waals surface area contributed by atoms with Gasteiger partial charge >= 0.3 is 5.97 Å². The summed E-state index contributed by atoms with van der Waals surface area (Å²) in [6, 6.07) is 6.29. The number of unbranched alkanes of at least 4 members (excludes halogenated alkanes) is 2. The first kappa shape index (κ1) is 27.6. The Bertz CT molecular complexity index is 948. The molecule has 0 radical (unpaired) electrons. The smallest absolute Gasteiger partial charge is 0.305 e. The monoisotopic (exact) mass is 493 g/mol. The lowest BCUT2D eigenvalue weighted by atomic mass is 9.81. The number of sulfonamides is 1. The van der Waals surface area contributed by atoms with Gasteiger partial charge in [0.05, 0.1) is 11.3 Å². The van der Waals surface area contributed by atoms with E-state index in [4.69, 9.17) is 10.6 Å². The highest BCUT2D eigenvalue weighted by molar-refractivity contribution is 7.89. The number of carboxylic acid groups (broad SMARTS) is 1. The molecular weight excluding hydrogens is 458 g/mol. The molecule has 1 amide bonds. The van der Waals surface area contributed by atoms with Gasteiger partial charge in [0.1, 0.15) is 0 Å². The predicted molar refractivity (Wildman–Crippen MR) is 129 cm³/mol. The number of aryl methyl sites for hydroxylation is 1. The van der Waals surface area contributed by atoms with Crippen LogP contribution in [0, 0.1) is 11.8 Å². The van der Waals surface area contributed by atoms with E-state index < -0.39 is 22.0 Å². The standard InChI is InChI=1S/C23H35N5O5S/c1-2-3-4-5-17-8-12-21(13-9-17)34(32,33)26-15-18-6-10-19(11-7-18)23(31)27-20(14-22(29)30)16-25-28-24/h8-9,12-13,18-20,26H,2-7,10-11,14-16H2,1H3,(H,27,31)(H,29,30)/t18?,19?,20-/m0/s1. The fourth-order valence-electron chi connectivity index (χ4n) is 4.18. The third-order valence-corrected chi connectivity index (χ3v) is 7.65. The molecule has 10 nitrogen and oxygen atoms in total. The van der Waals surface area contributed by atoms with E-state index in [1.54, 1.807) is 12.1 Å². The van der Waals surface area contributed by atoms with Crippen LogP contribution in [-0.2, 0) is 26.0 Å². The number of benzene rings is 1. The van der Waals surface area contributed by atoms with Crippen molar-refractivity contribution in [3.8, 4) is 0 Å². The predicted octanol–water partition coefficient (Wildman–Crippen LogP) is 3.77. The van der Waals surface area contributed by atoms with Crippen molar-refractivity contribution in [2.45, 2.75) is 75.6 Å². The first-order valence-corrected chi connectivity index (χ1v) is 13.3. The molecule has 34 heavy (non-hydrogen) atoms. The molecule has 11 heteroatoms. The van der Waals surface area contributed by atoms with Crippen molar-refractivity contribution >= 4 is 21.9 Å². The lowest BCUT2D eigenvalue weighted by Crippen LogP contribution is -2.43. The highest BCUT2D eigenvalue weighted by Crippen LogP contribution is 2.29. The van der Waals surface area contributed by atoms with E-state index in [1.165, 1.54) is 0 Å². The van der Waals surface area contributed by atoms with Gasteiger partial charge in [-0.25, -0.2) is 13.1 Å². The van der Waals surface area contributed by atoms with E-state index in [0.717, 1.165) is 31.2 Å². The van der Waals surface area contributed by atoms with Gasteiger partial charge < -0.3 is 10.4 Å². The number of rotatable bonds is 14. The summed E-state index contributed by atoms with van der Waals surface area (Å²) in [5, 5.41) is 15.0. The Morgan fingerprint density at radius 2 is 1.85 bits per heavy atom. The van der Waals surface area contributed by atoms with Gasteiger partial charge in [0, 0.05) is 30.0 Å². The number of nitrogens with zero attached hydrogens (tertiary/aromatic N) is 3. The number of nitrogens with one attached hydrogen (secondary N) is 2. The number of carboxylic acids is 1. The van der Waals surface area contributed by atoms with Crippen LogP contribution < -0.4 is 10.0 Å². The van der Waals surface area contributed by atoms with Crippen LogP contribution in [0.2, 0.25) is 0 Å². The van der Waals surface area contributed by atoms with Crippen LogP contribution in [0.15, 0.2) is 34.3 Å². The molecule has 1 saturated carbocycles. The van der Waals surface area contributed by atoms with Crippen LogP contribution in [0.4, 0.5) is 0 Å². The van der Waals surface area contributed by atoms with Crippen molar-refractivity contribution in [1.29, 1.82) is 0 Å². The third-order valence-electron chi connectivity index (χ3n) is 6.21. The van der Waals surface area contributed by atoms with E-state index in [0.29, 0.717) is 32.2 Å². The number of amides is 1. The lowest BCUT2D eigenvalue weighted by molar-refractivity contribution is -0.137. The number of carbonyl (C=O) groups is 2. The van der Waals surface area contributed by atoms with Crippen LogP contribution >= 0.6 is 0 Å².